The molecule has 0 bridgehead atoms. The highest BCUT2D eigenvalue weighted by atomic mass is 16.5. The Morgan fingerprint density at radius 2 is 0.879 bits per heavy atom. The standard InChI is InChI=1S/C52H99NO5/c1-4-7-10-13-16-19-22-25-27-29-32-35-38-41-44-50(55)49(47-54)53-51(56)46-48(43-40-37-34-31-28-24-21-18-15-12-9-6-3)58-52(57)45-42-39-36-33-30-26-23-20-17-14-11-8-5-2/h26,30,36,39,48-50,54-55H,4-25,27-29,31-35,37-38,40-47H2,1-3H3,(H,53,56)/b30-26-,39-36+. The van der Waals surface area contributed by atoms with Crippen molar-refractivity contribution in [1.29, 1.82) is 0 Å². The molecule has 0 aromatic rings. The van der Waals surface area contributed by atoms with Crippen LogP contribution in [0.15, 0.2) is 24.3 Å². The molecule has 0 heterocycles. The number of esters is 1. The second-order valence-corrected chi connectivity index (χ2v) is 17.6. The lowest BCUT2D eigenvalue weighted by atomic mass is 10.0. The maximum atomic E-state index is 13.2. The van der Waals surface area contributed by atoms with Crippen molar-refractivity contribution in [3.05, 3.63) is 24.3 Å². The van der Waals surface area contributed by atoms with Gasteiger partial charge in [-0.25, -0.2) is 0 Å². The molecule has 6 heteroatoms. The minimum atomic E-state index is -0.791. The Bertz CT molecular complexity index is 919. The number of hydrogen-bond donors (Lipinski definition) is 3. The van der Waals surface area contributed by atoms with Gasteiger partial charge in [-0.2, -0.15) is 0 Å². The van der Waals surface area contributed by atoms with Crippen LogP contribution in [0.25, 0.3) is 0 Å². The van der Waals surface area contributed by atoms with Gasteiger partial charge in [0.1, 0.15) is 6.10 Å². The van der Waals surface area contributed by atoms with Gasteiger partial charge in [0.25, 0.3) is 0 Å². The predicted octanol–water partition coefficient (Wildman–Crippen LogP) is 15.1. The van der Waals surface area contributed by atoms with Crippen molar-refractivity contribution >= 4 is 11.9 Å². The molecule has 0 fully saturated rings. The largest absolute Gasteiger partial charge is 0.462 e. The van der Waals surface area contributed by atoms with Crippen LogP contribution in [0, 0.1) is 0 Å². The number of nitrogens with one attached hydrogen (secondary N) is 1. The van der Waals surface area contributed by atoms with E-state index >= 15 is 0 Å². The first-order valence-corrected chi connectivity index (χ1v) is 25.6. The lowest BCUT2D eigenvalue weighted by molar-refractivity contribution is -0.150. The molecule has 0 aliphatic heterocycles. The molecule has 1 amide bonds. The first-order valence-electron chi connectivity index (χ1n) is 25.6. The summed E-state index contributed by atoms with van der Waals surface area (Å²) in [6.07, 6.45) is 52.4. The van der Waals surface area contributed by atoms with Crippen molar-refractivity contribution in [1.82, 2.24) is 5.32 Å². The Morgan fingerprint density at radius 1 is 0.500 bits per heavy atom. The monoisotopic (exact) mass is 818 g/mol. The number of hydrogen-bond acceptors (Lipinski definition) is 5. The zero-order chi connectivity index (χ0) is 42.4. The Morgan fingerprint density at radius 3 is 1.31 bits per heavy atom. The van der Waals surface area contributed by atoms with Gasteiger partial charge in [-0.1, -0.05) is 238 Å². The number of aliphatic hydroxyl groups excluding tert-OH is 2. The Balaban J connectivity index is 4.58. The fourth-order valence-electron chi connectivity index (χ4n) is 7.90. The van der Waals surface area contributed by atoms with E-state index in [4.69, 9.17) is 4.74 Å². The van der Waals surface area contributed by atoms with Crippen LogP contribution < -0.4 is 5.32 Å². The summed E-state index contributed by atoms with van der Waals surface area (Å²) in [5, 5.41) is 23.7. The van der Waals surface area contributed by atoms with Crippen LogP contribution in [-0.4, -0.2) is 46.9 Å². The average Bonchev–Trinajstić information content (AvgIpc) is 3.22. The third-order valence-electron chi connectivity index (χ3n) is 11.8. The van der Waals surface area contributed by atoms with Crippen LogP contribution in [0.1, 0.15) is 271 Å². The van der Waals surface area contributed by atoms with Gasteiger partial charge in [-0.05, 0) is 44.9 Å². The van der Waals surface area contributed by atoms with Crippen molar-refractivity contribution in [2.45, 2.75) is 289 Å². The van der Waals surface area contributed by atoms with Crippen molar-refractivity contribution in [2.24, 2.45) is 0 Å². The maximum absolute atomic E-state index is 13.2. The van der Waals surface area contributed by atoms with E-state index in [1.807, 2.05) is 0 Å². The van der Waals surface area contributed by atoms with E-state index in [-0.39, 0.29) is 24.9 Å². The normalized spacial score (nSPS) is 13.4. The summed E-state index contributed by atoms with van der Waals surface area (Å²) >= 11 is 0. The van der Waals surface area contributed by atoms with E-state index in [2.05, 4.69) is 50.4 Å². The minimum Gasteiger partial charge on any atom is -0.462 e. The van der Waals surface area contributed by atoms with E-state index in [1.54, 1.807) is 0 Å². The molecule has 0 saturated heterocycles. The van der Waals surface area contributed by atoms with Gasteiger partial charge >= 0.3 is 5.97 Å². The molecule has 0 aromatic heterocycles. The summed E-state index contributed by atoms with van der Waals surface area (Å²) in [5.41, 5.74) is 0. The number of ether oxygens (including phenoxy) is 1. The molecule has 0 radical (unpaired) electrons. The number of rotatable bonds is 46. The van der Waals surface area contributed by atoms with Crippen molar-refractivity contribution in [3.8, 4) is 0 Å². The fourth-order valence-corrected chi connectivity index (χ4v) is 7.90. The fraction of sp³-hybridized carbons (Fsp3) is 0.885. The predicted molar refractivity (Wildman–Crippen MR) is 250 cm³/mol. The SMILES string of the molecule is CCCCCCCC/C=C\C/C=C/CCC(=O)OC(CCCCCCCCCCCCCC)CC(=O)NC(CO)C(O)CCCCCCCCCCCCCCCC. The van der Waals surface area contributed by atoms with E-state index < -0.39 is 18.2 Å². The summed E-state index contributed by atoms with van der Waals surface area (Å²) in [6.45, 7) is 6.47. The second-order valence-electron chi connectivity index (χ2n) is 17.6. The Hall–Kier alpha value is -1.66. The van der Waals surface area contributed by atoms with Gasteiger partial charge in [0.15, 0.2) is 0 Å². The van der Waals surface area contributed by atoms with E-state index in [0.29, 0.717) is 25.7 Å². The summed E-state index contributed by atoms with van der Waals surface area (Å²) < 4.78 is 5.89. The lowest BCUT2D eigenvalue weighted by Gasteiger charge is -2.24. The van der Waals surface area contributed by atoms with Crippen molar-refractivity contribution in [3.63, 3.8) is 0 Å². The quantitative estimate of drug-likeness (QED) is 0.0323. The molecule has 3 N–H and O–H groups in total. The average molecular weight is 818 g/mol. The summed E-state index contributed by atoms with van der Waals surface area (Å²) in [7, 11) is 0. The molecular weight excluding hydrogens is 719 g/mol. The Kier molecular flexibility index (Phi) is 45.1. The van der Waals surface area contributed by atoms with Crippen molar-refractivity contribution in [2.75, 3.05) is 6.61 Å². The molecule has 6 nitrogen and oxygen atoms in total. The molecule has 3 unspecified atom stereocenters. The molecule has 58 heavy (non-hydrogen) atoms. The van der Waals surface area contributed by atoms with Crippen LogP contribution in [0.5, 0.6) is 0 Å². The maximum Gasteiger partial charge on any atom is 0.306 e. The summed E-state index contributed by atoms with van der Waals surface area (Å²) in [4.78, 5) is 26.0. The molecule has 342 valence electrons. The highest BCUT2D eigenvalue weighted by Gasteiger charge is 2.24. The summed E-state index contributed by atoms with van der Waals surface area (Å²) in [5.74, 6) is -0.542. The molecule has 0 saturated carbocycles. The van der Waals surface area contributed by atoms with Crippen LogP contribution in [0.2, 0.25) is 0 Å². The van der Waals surface area contributed by atoms with E-state index in [1.165, 1.54) is 173 Å². The zero-order valence-electron chi connectivity index (χ0n) is 38.9. The van der Waals surface area contributed by atoms with Crippen molar-refractivity contribution < 1.29 is 24.5 Å². The molecule has 0 aliphatic rings. The Labute approximate surface area is 361 Å². The molecular formula is C52H99NO5. The molecule has 3 atom stereocenters. The van der Waals surface area contributed by atoms with Gasteiger partial charge in [0.05, 0.1) is 25.2 Å². The third kappa shape index (κ3) is 41.1. The molecule has 0 spiro atoms. The first kappa shape index (κ1) is 56.3. The minimum absolute atomic E-state index is 0.0606. The molecule has 0 aromatic carbocycles. The topological polar surface area (TPSA) is 95.9 Å². The number of amides is 1. The summed E-state index contributed by atoms with van der Waals surface area (Å²) in [6, 6.07) is -0.706. The molecule has 0 rings (SSSR count). The third-order valence-corrected chi connectivity index (χ3v) is 11.8. The highest BCUT2D eigenvalue weighted by molar-refractivity contribution is 5.77. The van der Waals surface area contributed by atoms with Gasteiger partial charge in [0.2, 0.25) is 5.91 Å². The number of unbranched alkanes of at least 4 members (excludes halogenated alkanes) is 30. The van der Waals surface area contributed by atoms with Crippen LogP contribution in [-0.2, 0) is 14.3 Å². The number of carbonyl (C=O) groups excluding carboxylic acids is 2. The van der Waals surface area contributed by atoms with E-state index in [0.717, 1.165) is 44.9 Å². The van der Waals surface area contributed by atoms with Crippen LogP contribution in [0.4, 0.5) is 0 Å². The number of carbonyl (C=O) groups is 2. The first-order chi connectivity index (χ1) is 28.5. The zero-order valence-corrected chi connectivity index (χ0v) is 38.9. The second kappa shape index (κ2) is 46.4. The van der Waals surface area contributed by atoms with Crippen LogP contribution in [0.3, 0.4) is 0 Å². The highest BCUT2D eigenvalue weighted by Crippen LogP contribution is 2.18. The smallest absolute Gasteiger partial charge is 0.306 e. The van der Waals surface area contributed by atoms with E-state index in [9.17, 15) is 19.8 Å². The number of aliphatic hydroxyl groups is 2. The van der Waals surface area contributed by atoms with Gasteiger partial charge in [-0.3, -0.25) is 9.59 Å². The number of allylic oxidation sites excluding steroid dienone is 4. The van der Waals surface area contributed by atoms with Crippen LogP contribution >= 0.6 is 0 Å². The van der Waals surface area contributed by atoms with Gasteiger partial charge in [0, 0.05) is 6.42 Å². The molecule has 0 aliphatic carbocycles. The van der Waals surface area contributed by atoms with Gasteiger partial charge < -0.3 is 20.3 Å². The van der Waals surface area contributed by atoms with Gasteiger partial charge in [-0.15, -0.1) is 0 Å². The lowest BCUT2D eigenvalue weighted by Crippen LogP contribution is -2.46.